The molecule has 0 amide bonds. The van der Waals surface area contributed by atoms with Crippen molar-refractivity contribution < 1.29 is 43.2 Å². The minimum Gasteiger partial charge on any atom is -0.461 e. The topological polar surface area (TPSA) is 125 Å². The third-order valence-electron chi connectivity index (χ3n) is 3.05. The van der Waals surface area contributed by atoms with Gasteiger partial charge in [0.2, 0.25) is 0 Å². The summed E-state index contributed by atoms with van der Waals surface area (Å²) in [6, 6.07) is 0. The zero-order valence-corrected chi connectivity index (χ0v) is 13.8. The Labute approximate surface area is 138 Å². The fourth-order valence-corrected chi connectivity index (χ4v) is 2.27. The molecule has 0 saturated carbocycles. The van der Waals surface area contributed by atoms with E-state index in [1.807, 2.05) is 0 Å². The first-order valence-electron chi connectivity index (χ1n) is 7.15. The van der Waals surface area contributed by atoms with Crippen LogP contribution in [0.4, 0.5) is 0 Å². The summed E-state index contributed by atoms with van der Waals surface area (Å²) in [7, 11) is 0. The molecule has 0 bridgehead atoms. The maximum absolute atomic E-state index is 11.4. The van der Waals surface area contributed by atoms with E-state index in [0.717, 1.165) is 20.8 Å². The second-order valence-electron chi connectivity index (χ2n) is 5.19. The van der Waals surface area contributed by atoms with E-state index in [4.69, 9.17) is 18.9 Å². The van der Waals surface area contributed by atoms with Crippen molar-refractivity contribution in [2.24, 2.45) is 0 Å². The molecule has 1 aliphatic carbocycles. The van der Waals surface area contributed by atoms with E-state index in [0.29, 0.717) is 0 Å². The molecular weight excluding hydrogens is 324 g/mol. The average molecular weight is 344 g/mol. The second kappa shape index (κ2) is 8.44. The molecule has 1 aliphatic rings. The van der Waals surface area contributed by atoms with E-state index < -0.39 is 48.3 Å². The first-order valence-corrected chi connectivity index (χ1v) is 7.15. The predicted molar refractivity (Wildman–Crippen MR) is 77.4 cm³/mol. The van der Waals surface area contributed by atoms with E-state index in [-0.39, 0.29) is 12.2 Å². The Kier molecular flexibility index (Phi) is 6.90. The number of carbonyl (C=O) groups excluding carboxylic acids is 4. The smallest absolute Gasteiger partial charge is 0.303 e. The van der Waals surface area contributed by atoms with Gasteiger partial charge in [-0.3, -0.25) is 19.2 Å². The summed E-state index contributed by atoms with van der Waals surface area (Å²) >= 11 is 0. The van der Waals surface area contributed by atoms with E-state index in [1.54, 1.807) is 0 Å². The zero-order chi connectivity index (χ0) is 18.4. The number of hydrogen-bond acceptors (Lipinski definition) is 9. The van der Waals surface area contributed by atoms with Gasteiger partial charge < -0.3 is 24.1 Å². The first kappa shape index (κ1) is 19.6. The highest BCUT2D eigenvalue weighted by Crippen LogP contribution is 2.28. The SMILES string of the molecule is CC(=O)OCC1=C[C@@H](O)[C@H](OC(C)=O)[C@@H](OC(C)=O)[C@H]1OC(C)=O. The van der Waals surface area contributed by atoms with E-state index in [2.05, 4.69) is 0 Å². The normalized spacial score (nSPS) is 26.0. The minimum absolute atomic E-state index is 0.211. The van der Waals surface area contributed by atoms with E-state index in [1.165, 1.54) is 13.0 Å². The fraction of sp³-hybridized carbons (Fsp3) is 0.600. The van der Waals surface area contributed by atoms with Gasteiger partial charge in [0.1, 0.15) is 12.7 Å². The summed E-state index contributed by atoms with van der Waals surface area (Å²) in [5.74, 6) is -2.72. The molecule has 0 aliphatic heterocycles. The molecule has 24 heavy (non-hydrogen) atoms. The number of ether oxygens (including phenoxy) is 4. The Morgan fingerprint density at radius 2 is 1.38 bits per heavy atom. The highest BCUT2D eigenvalue weighted by Gasteiger charge is 2.46. The largest absolute Gasteiger partial charge is 0.461 e. The van der Waals surface area contributed by atoms with Crippen molar-refractivity contribution in [2.75, 3.05) is 6.61 Å². The number of aliphatic hydroxyl groups is 1. The van der Waals surface area contributed by atoms with Crippen molar-refractivity contribution in [3.63, 3.8) is 0 Å². The Bertz CT molecular complexity index is 551. The highest BCUT2D eigenvalue weighted by molar-refractivity contribution is 5.69. The van der Waals surface area contributed by atoms with Crippen molar-refractivity contribution in [1.82, 2.24) is 0 Å². The molecule has 9 nitrogen and oxygen atoms in total. The van der Waals surface area contributed by atoms with Crippen LogP contribution in [0.3, 0.4) is 0 Å². The van der Waals surface area contributed by atoms with Gasteiger partial charge in [-0.05, 0) is 6.08 Å². The van der Waals surface area contributed by atoms with E-state index >= 15 is 0 Å². The van der Waals surface area contributed by atoms with Crippen molar-refractivity contribution in [1.29, 1.82) is 0 Å². The van der Waals surface area contributed by atoms with Gasteiger partial charge in [0, 0.05) is 33.3 Å². The van der Waals surface area contributed by atoms with Crippen LogP contribution in [-0.4, -0.2) is 60.0 Å². The third kappa shape index (κ3) is 5.65. The average Bonchev–Trinajstić information content (AvgIpc) is 2.42. The monoisotopic (exact) mass is 344 g/mol. The van der Waals surface area contributed by atoms with Crippen LogP contribution in [0, 0.1) is 0 Å². The lowest BCUT2D eigenvalue weighted by molar-refractivity contribution is -0.190. The maximum atomic E-state index is 11.4. The molecule has 134 valence electrons. The Morgan fingerprint density at radius 1 is 0.875 bits per heavy atom. The first-order chi connectivity index (χ1) is 11.1. The molecule has 0 aromatic rings. The lowest BCUT2D eigenvalue weighted by Gasteiger charge is -2.38. The third-order valence-corrected chi connectivity index (χ3v) is 3.05. The van der Waals surface area contributed by atoms with Gasteiger partial charge in [0.05, 0.1) is 0 Å². The number of aliphatic hydroxyl groups excluding tert-OH is 1. The van der Waals surface area contributed by atoms with Crippen LogP contribution in [0.2, 0.25) is 0 Å². The van der Waals surface area contributed by atoms with Crippen molar-refractivity contribution in [3.8, 4) is 0 Å². The Hall–Kier alpha value is -2.42. The molecule has 0 spiro atoms. The summed E-state index contributed by atoms with van der Waals surface area (Å²) in [5, 5.41) is 10.2. The van der Waals surface area contributed by atoms with Crippen molar-refractivity contribution >= 4 is 23.9 Å². The van der Waals surface area contributed by atoms with Crippen LogP contribution in [0.15, 0.2) is 11.6 Å². The van der Waals surface area contributed by atoms with Gasteiger partial charge >= 0.3 is 23.9 Å². The molecule has 4 atom stereocenters. The van der Waals surface area contributed by atoms with Crippen LogP contribution >= 0.6 is 0 Å². The number of esters is 4. The van der Waals surface area contributed by atoms with E-state index in [9.17, 15) is 24.3 Å². The lowest BCUT2D eigenvalue weighted by atomic mass is 9.89. The molecule has 0 saturated heterocycles. The van der Waals surface area contributed by atoms with Crippen LogP contribution in [0.5, 0.6) is 0 Å². The molecule has 0 aromatic heterocycles. The molecule has 0 unspecified atom stereocenters. The lowest BCUT2D eigenvalue weighted by Crippen LogP contribution is -2.54. The summed E-state index contributed by atoms with van der Waals surface area (Å²) in [5.41, 5.74) is 0.211. The van der Waals surface area contributed by atoms with Gasteiger partial charge in [-0.15, -0.1) is 0 Å². The van der Waals surface area contributed by atoms with Gasteiger partial charge in [0.15, 0.2) is 18.3 Å². The van der Waals surface area contributed by atoms with Crippen LogP contribution in [0.25, 0.3) is 0 Å². The van der Waals surface area contributed by atoms with Crippen molar-refractivity contribution in [3.05, 3.63) is 11.6 Å². The molecule has 0 fully saturated rings. The predicted octanol–water partition coefficient (Wildman–Crippen LogP) is -0.355. The summed E-state index contributed by atoms with van der Waals surface area (Å²) in [4.78, 5) is 45.0. The zero-order valence-electron chi connectivity index (χ0n) is 13.8. The summed E-state index contributed by atoms with van der Waals surface area (Å²) in [6.45, 7) is 4.28. The summed E-state index contributed by atoms with van der Waals surface area (Å²) < 4.78 is 20.1. The highest BCUT2D eigenvalue weighted by atomic mass is 16.6. The van der Waals surface area contributed by atoms with Gasteiger partial charge in [-0.1, -0.05) is 0 Å². The number of rotatable bonds is 5. The Morgan fingerprint density at radius 3 is 1.83 bits per heavy atom. The van der Waals surface area contributed by atoms with Crippen LogP contribution < -0.4 is 0 Å². The molecule has 0 radical (unpaired) electrons. The van der Waals surface area contributed by atoms with Gasteiger partial charge in [0.25, 0.3) is 0 Å². The number of carbonyl (C=O) groups is 4. The molecule has 1 N–H and O–H groups in total. The van der Waals surface area contributed by atoms with Crippen molar-refractivity contribution in [2.45, 2.75) is 52.1 Å². The molecule has 1 rings (SSSR count). The number of hydrogen-bond donors (Lipinski definition) is 1. The van der Waals surface area contributed by atoms with Gasteiger partial charge in [-0.25, -0.2) is 0 Å². The standard InChI is InChI=1S/C15H20O9/c1-7(16)21-6-11-5-12(20)14(23-9(3)18)15(24-10(4)19)13(11)22-8(2)17/h5,12-15,20H,6H2,1-4H3/t12-,13+,14+,15+/m1/s1. The van der Waals surface area contributed by atoms with Gasteiger partial charge in [-0.2, -0.15) is 0 Å². The maximum Gasteiger partial charge on any atom is 0.303 e. The molecule has 9 heteroatoms. The molecule has 0 aromatic carbocycles. The molecule has 0 heterocycles. The second-order valence-corrected chi connectivity index (χ2v) is 5.19. The Balaban J connectivity index is 3.21. The fourth-order valence-electron chi connectivity index (χ4n) is 2.27. The quantitative estimate of drug-likeness (QED) is 0.404. The minimum atomic E-state index is -1.34. The van der Waals surface area contributed by atoms with Crippen LogP contribution in [0.1, 0.15) is 27.7 Å². The van der Waals surface area contributed by atoms with Crippen LogP contribution in [-0.2, 0) is 38.1 Å². The summed E-state index contributed by atoms with van der Waals surface area (Å²) in [6.07, 6.45) is -3.81. The molecular formula is C15H20O9.